The van der Waals surface area contributed by atoms with Crippen LogP contribution in [0.3, 0.4) is 0 Å². The van der Waals surface area contributed by atoms with E-state index in [0.29, 0.717) is 12.5 Å². The number of likely N-dealkylation sites (tertiary alicyclic amines) is 1. The summed E-state index contributed by atoms with van der Waals surface area (Å²) in [5.41, 5.74) is 8.73. The number of carbonyl (C=O) groups excluding carboxylic acids is 1. The summed E-state index contributed by atoms with van der Waals surface area (Å²) < 4.78 is 0. The zero-order chi connectivity index (χ0) is 14.8. The zero-order valence-electron chi connectivity index (χ0n) is 12.2. The quantitative estimate of drug-likeness (QED) is 0.926. The Morgan fingerprint density at radius 2 is 2.14 bits per heavy atom. The molecule has 4 heteroatoms. The van der Waals surface area contributed by atoms with Crippen molar-refractivity contribution in [1.82, 2.24) is 4.90 Å². The van der Waals surface area contributed by atoms with Gasteiger partial charge in [0, 0.05) is 25.0 Å². The average Bonchev–Trinajstić information content (AvgIpc) is 3.00. The van der Waals surface area contributed by atoms with Gasteiger partial charge in [-0.25, -0.2) is 0 Å². The third-order valence-electron chi connectivity index (χ3n) is 4.02. The Labute approximate surface area is 129 Å². The topological polar surface area (TPSA) is 46.3 Å². The number of carbonyl (C=O) groups is 1. The first kappa shape index (κ1) is 14.3. The Balaban J connectivity index is 1.80. The predicted octanol–water partition coefficient (Wildman–Crippen LogP) is 3.01. The van der Waals surface area contributed by atoms with Gasteiger partial charge in [0.2, 0.25) is 0 Å². The summed E-state index contributed by atoms with van der Waals surface area (Å²) in [5, 5.41) is 1.94. The van der Waals surface area contributed by atoms with E-state index in [0.717, 1.165) is 17.8 Å². The molecule has 110 valence electrons. The summed E-state index contributed by atoms with van der Waals surface area (Å²) in [7, 11) is 0. The van der Waals surface area contributed by atoms with Gasteiger partial charge >= 0.3 is 0 Å². The number of hydrogen-bond donors (Lipinski definition) is 1. The minimum absolute atomic E-state index is 0.0492. The molecule has 2 aromatic rings. The highest BCUT2D eigenvalue weighted by Crippen LogP contribution is 2.28. The molecule has 2 N–H and O–H groups in total. The fourth-order valence-electron chi connectivity index (χ4n) is 3.03. The van der Waals surface area contributed by atoms with Crippen molar-refractivity contribution in [2.45, 2.75) is 25.3 Å². The molecule has 1 amide bonds. The lowest BCUT2D eigenvalue weighted by atomic mass is 9.87. The molecule has 0 bridgehead atoms. The molecule has 0 radical (unpaired) electrons. The molecule has 0 spiro atoms. The lowest BCUT2D eigenvalue weighted by Crippen LogP contribution is -2.48. The van der Waals surface area contributed by atoms with Crippen LogP contribution in [0.1, 0.15) is 33.1 Å². The summed E-state index contributed by atoms with van der Waals surface area (Å²) >= 11 is 1.49. The third-order valence-corrected chi connectivity index (χ3v) is 4.87. The van der Waals surface area contributed by atoms with Crippen LogP contribution in [0.2, 0.25) is 0 Å². The van der Waals surface area contributed by atoms with Gasteiger partial charge in [0.15, 0.2) is 0 Å². The number of nitrogens with two attached hydrogens (primary N) is 1. The molecule has 2 atom stereocenters. The van der Waals surface area contributed by atoms with Crippen LogP contribution >= 0.6 is 11.3 Å². The van der Waals surface area contributed by atoms with Crippen LogP contribution in [-0.2, 0) is 0 Å². The summed E-state index contributed by atoms with van der Waals surface area (Å²) in [5.74, 6) is 0.440. The Bertz CT molecular complexity index is 623. The molecule has 0 aliphatic carbocycles. The Kier molecular flexibility index (Phi) is 4.08. The lowest BCUT2D eigenvalue weighted by molar-refractivity contribution is 0.0694. The molecule has 3 nitrogen and oxygen atoms in total. The van der Waals surface area contributed by atoms with Gasteiger partial charge in [-0.05, 0) is 30.4 Å². The zero-order valence-corrected chi connectivity index (χ0v) is 13.0. The maximum atomic E-state index is 12.5. The molecule has 1 saturated heterocycles. The fourth-order valence-corrected chi connectivity index (χ4v) is 3.72. The van der Waals surface area contributed by atoms with E-state index in [1.165, 1.54) is 22.5 Å². The lowest BCUT2D eigenvalue weighted by Gasteiger charge is -2.36. The number of nitrogens with zero attached hydrogens (tertiary/aromatic N) is 1. The molecular weight excluding hydrogens is 280 g/mol. The van der Waals surface area contributed by atoms with Crippen LogP contribution in [-0.4, -0.2) is 29.9 Å². The Hall–Kier alpha value is -1.65. The molecule has 2 unspecified atom stereocenters. The van der Waals surface area contributed by atoms with E-state index < -0.39 is 0 Å². The monoisotopic (exact) mass is 300 g/mol. The van der Waals surface area contributed by atoms with Gasteiger partial charge in [-0.2, -0.15) is 0 Å². The summed E-state index contributed by atoms with van der Waals surface area (Å²) in [6, 6.07) is 12.4. The van der Waals surface area contributed by atoms with E-state index in [1.807, 2.05) is 22.4 Å². The van der Waals surface area contributed by atoms with Crippen molar-refractivity contribution in [2.75, 3.05) is 13.1 Å². The van der Waals surface area contributed by atoms with Crippen molar-refractivity contribution >= 4 is 17.2 Å². The molecule has 1 fully saturated rings. The fraction of sp³-hybridized carbons (Fsp3) is 0.353. The highest BCUT2D eigenvalue weighted by Gasteiger charge is 2.29. The van der Waals surface area contributed by atoms with Crippen LogP contribution in [0.5, 0.6) is 0 Å². The van der Waals surface area contributed by atoms with E-state index in [2.05, 4.69) is 31.2 Å². The summed E-state index contributed by atoms with van der Waals surface area (Å²) in [4.78, 5) is 15.2. The minimum atomic E-state index is 0.0492. The van der Waals surface area contributed by atoms with Crippen molar-refractivity contribution in [3.8, 4) is 0 Å². The number of amides is 1. The predicted molar refractivity (Wildman–Crippen MR) is 86.7 cm³/mol. The van der Waals surface area contributed by atoms with Crippen LogP contribution in [0.4, 0.5) is 0 Å². The summed E-state index contributed by atoms with van der Waals surface area (Å²) in [6.45, 7) is 3.51. The van der Waals surface area contributed by atoms with Crippen LogP contribution < -0.4 is 5.73 Å². The molecule has 1 aromatic carbocycles. The number of benzene rings is 1. The van der Waals surface area contributed by atoms with Crippen molar-refractivity contribution in [3.63, 3.8) is 0 Å². The second-order valence-corrected chi connectivity index (χ2v) is 6.74. The molecule has 21 heavy (non-hydrogen) atoms. The van der Waals surface area contributed by atoms with E-state index in [9.17, 15) is 4.79 Å². The number of piperidine rings is 1. The van der Waals surface area contributed by atoms with E-state index in [4.69, 9.17) is 5.73 Å². The first-order valence-electron chi connectivity index (χ1n) is 7.28. The van der Waals surface area contributed by atoms with E-state index >= 15 is 0 Å². The van der Waals surface area contributed by atoms with Crippen molar-refractivity contribution in [1.29, 1.82) is 0 Å². The van der Waals surface area contributed by atoms with Crippen molar-refractivity contribution in [2.24, 2.45) is 5.73 Å². The van der Waals surface area contributed by atoms with Gasteiger partial charge in [0.1, 0.15) is 0 Å². The van der Waals surface area contributed by atoms with Crippen molar-refractivity contribution < 1.29 is 4.79 Å². The smallest absolute Gasteiger partial charge is 0.263 e. The molecule has 1 aliphatic rings. The standard InChI is InChI=1S/C17H20N2OS/c1-12-4-2-5-13(8-12)14-9-15(18)11-19(10-14)17(20)16-6-3-7-21-16/h2-8,14-15H,9-11,18H2,1H3. The molecule has 2 heterocycles. The summed E-state index contributed by atoms with van der Waals surface area (Å²) in [6.07, 6.45) is 0.942. The second-order valence-electron chi connectivity index (χ2n) is 5.79. The van der Waals surface area contributed by atoms with Gasteiger partial charge in [-0.1, -0.05) is 35.9 Å². The van der Waals surface area contributed by atoms with Gasteiger partial charge in [0.05, 0.1) is 4.88 Å². The van der Waals surface area contributed by atoms with Crippen LogP contribution in [0, 0.1) is 6.92 Å². The second kappa shape index (κ2) is 6.00. The minimum Gasteiger partial charge on any atom is -0.336 e. The molecular formula is C17H20N2OS. The largest absolute Gasteiger partial charge is 0.336 e. The number of aryl methyl sites for hydroxylation is 1. The van der Waals surface area contributed by atoms with Gasteiger partial charge in [0.25, 0.3) is 5.91 Å². The van der Waals surface area contributed by atoms with E-state index in [1.54, 1.807) is 0 Å². The first-order chi connectivity index (χ1) is 10.1. The third kappa shape index (κ3) is 3.17. The average molecular weight is 300 g/mol. The number of thiophene rings is 1. The van der Waals surface area contributed by atoms with Gasteiger partial charge in [-0.3, -0.25) is 4.79 Å². The number of rotatable bonds is 2. The van der Waals surface area contributed by atoms with Crippen LogP contribution in [0.15, 0.2) is 41.8 Å². The normalized spacial score (nSPS) is 22.3. The maximum Gasteiger partial charge on any atom is 0.263 e. The molecule has 1 aromatic heterocycles. The van der Waals surface area contributed by atoms with Gasteiger partial charge < -0.3 is 10.6 Å². The highest BCUT2D eigenvalue weighted by atomic mass is 32.1. The Morgan fingerprint density at radius 3 is 2.86 bits per heavy atom. The van der Waals surface area contributed by atoms with Crippen molar-refractivity contribution in [3.05, 3.63) is 57.8 Å². The van der Waals surface area contributed by atoms with E-state index in [-0.39, 0.29) is 11.9 Å². The number of hydrogen-bond acceptors (Lipinski definition) is 3. The maximum absolute atomic E-state index is 12.5. The molecule has 0 saturated carbocycles. The first-order valence-corrected chi connectivity index (χ1v) is 8.16. The van der Waals surface area contributed by atoms with Gasteiger partial charge in [-0.15, -0.1) is 11.3 Å². The molecule has 3 rings (SSSR count). The Morgan fingerprint density at radius 1 is 1.29 bits per heavy atom. The highest BCUT2D eigenvalue weighted by molar-refractivity contribution is 7.12. The molecule has 1 aliphatic heterocycles. The van der Waals surface area contributed by atoms with Crippen LogP contribution in [0.25, 0.3) is 0 Å². The SMILES string of the molecule is Cc1cccc(C2CC(N)CN(C(=O)c3cccs3)C2)c1.